The fraction of sp³-hybridized carbons (Fsp3) is 0.429. The summed E-state index contributed by atoms with van der Waals surface area (Å²) in [7, 11) is 0. The lowest BCUT2D eigenvalue weighted by Gasteiger charge is -2.01. The molecule has 5 nitrogen and oxygen atoms in total. The molecule has 0 heterocycles. The van der Waals surface area contributed by atoms with Gasteiger partial charge in [-0.3, -0.25) is 9.59 Å². The molecule has 0 rings (SSSR count). The van der Waals surface area contributed by atoms with E-state index < -0.39 is 17.9 Å². The molecule has 0 saturated carbocycles. The number of aliphatic carboxylic acids is 2. The Balaban J connectivity index is 4.06. The highest BCUT2D eigenvalue weighted by molar-refractivity contribution is 5.92. The van der Waals surface area contributed by atoms with Crippen LogP contribution in [0.3, 0.4) is 0 Å². The average Bonchev–Trinajstić information content (AvgIpc) is 1.96. The van der Waals surface area contributed by atoms with E-state index in [-0.39, 0.29) is 13.0 Å². The lowest BCUT2D eigenvalue weighted by molar-refractivity contribution is -0.154. The van der Waals surface area contributed by atoms with Crippen LogP contribution in [0.1, 0.15) is 6.42 Å². The van der Waals surface area contributed by atoms with Crippen molar-refractivity contribution in [2.75, 3.05) is 6.61 Å². The van der Waals surface area contributed by atoms with Gasteiger partial charge in [-0.15, -0.1) is 0 Å². The molecule has 12 heavy (non-hydrogen) atoms. The number of aliphatic hydroxyl groups excluding tert-OH is 1. The first-order chi connectivity index (χ1) is 5.59. The molecule has 0 radical (unpaired) electrons. The summed E-state index contributed by atoms with van der Waals surface area (Å²) < 4.78 is 0. The van der Waals surface area contributed by atoms with Gasteiger partial charge in [0.1, 0.15) is 0 Å². The largest absolute Gasteiger partial charge is 0.481 e. The first-order valence-electron chi connectivity index (χ1n) is 3.31. The van der Waals surface area contributed by atoms with E-state index in [1.165, 1.54) is 12.2 Å². The van der Waals surface area contributed by atoms with Crippen LogP contribution in [-0.2, 0) is 9.59 Å². The van der Waals surface area contributed by atoms with Crippen LogP contribution < -0.4 is 0 Å². The summed E-state index contributed by atoms with van der Waals surface area (Å²) in [5, 5.41) is 25.0. The summed E-state index contributed by atoms with van der Waals surface area (Å²) in [5.74, 6) is -4.16. The minimum Gasteiger partial charge on any atom is -0.481 e. The van der Waals surface area contributed by atoms with Gasteiger partial charge in [0.05, 0.1) is 6.61 Å². The smallest absolute Gasteiger partial charge is 0.318 e. The van der Waals surface area contributed by atoms with Gasteiger partial charge in [-0.05, 0) is 6.42 Å². The number of carbonyl (C=O) groups is 2. The molecule has 0 aromatic rings. The third-order valence-corrected chi connectivity index (χ3v) is 1.24. The van der Waals surface area contributed by atoms with Gasteiger partial charge in [-0.1, -0.05) is 12.2 Å². The van der Waals surface area contributed by atoms with E-state index in [2.05, 4.69) is 0 Å². The van der Waals surface area contributed by atoms with Crippen molar-refractivity contribution in [3.8, 4) is 0 Å². The van der Waals surface area contributed by atoms with Crippen molar-refractivity contribution < 1.29 is 24.9 Å². The SMILES string of the molecule is O=C(O)C(C/C=C\CO)C(=O)O. The second-order valence-electron chi connectivity index (χ2n) is 2.12. The molecule has 0 aliphatic carbocycles. The fourth-order valence-corrected chi connectivity index (χ4v) is 0.614. The van der Waals surface area contributed by atoms with Gasteiger partial charge in [-0.2, -0.15) is 0 Å². The highest BCUT2D eigenvalue weighted by Gasteiger charge is 2.23. The minimum absolute atomic E-state index is 0.106. The van der Waals surface area contributed by atoms with Crippen LogP contribution in [0.4, 0.5) is 0 Å². The number of aliphatic hydroxyl groups is 1. The zero-order valence-corrected chi connectivity index (χ0v) is 6.30. The second kappa shape index (κ2) is 5.31. The first-order valence-corrected chi connectivity index (χ1v) is 3.31. The number of hydrogen-bond donors (Lipinski definition) is 3. The maximum atomic E-state index is 10.3. The third kappa shape index (κ3) is 3.72. The average molecular weight is 174 g/mol. The molecule has 0 aromatic heterocycles. The summed E-state index contributed by atoms with van der Waals surface area (Å²) >= 11 is 0. The molecule has 0 aromatic carbocycles. The standard InChI is InChI=1S/C7H10O5/c8-4-2-1-3-5(6(9)10)7(11)12/h1-2,5,8H,3-4H2,(H,9,10)(H,11,12)/b2-1-. The number of allylic oxidation sites excluding steroid dienone is 1. The number of hydrogen-bond acceptors (Lipinski definition) is 3. The minimum atomic E-state index is -1.42. The summed E-state index contributed by atoms with van der Waals surface area (Å²) in [6.07, 6.45) is 2.52. The summed E-state index contributed by atoms with van der Waals surface area (Å²) in [5.41, 5.74) is 0. The van der Waals surface area contributed by atoms with Crippen LogP contribution in [0.15, 0.2) is 12.2 Å². The molecule has 68 valence electrons. The highest BCUT2D eigenvalue weighted by atomic mass is 16.4. The molecule has 5 heteroatoms. The Hall–Kier alpha value is -1.36. The maximum absolute atomic E-state index is 10.3. The van der Waals surface area contributed by atoms with E-state index in [0.717, 1.165) is 0 Å². The molecule has 0 fully saturated rings. The zero-order chi connectivity index (χ0) is 9.56. The lowest BCUT2D eigenvalue weighted by Crippen LogP contribution is -2.22. The van der Waals surface area contributed by atoms with Gasteiger partial charge < -0.3 is 15.3 Å². The van der Waals surface area contributed by atoms with Gasteiger partial charge >= 0.3 is 11.9 Å². The van der Waals surface area contributed by atoms with E-state index in [0.29, 0.717) is 0 Å². The van der Waals surface area contributed by atoms with Crippen LogP contribution >= 0.6 is 0 Å². The molecule has 0 bridgehead atoms. The third-order valence-electron chi connectivity index (χ3n) is 1.24. The van der Waals surface area contributed by atoms with Crippen molar-refractivity contribution in [2.45, 2.75) is 6.42 Å². The normalized spacial score (nSPS) is 10.8. The van der Waals surface area contributed by atoms with Crippen LogP contribution in [0.2, 0.25) is 0 Å². The summed E-state index contributed by atoms with van der Waals surface area (Å²) in [6.45, 7) is -0.216. The van der Waals surface area contributed by atoms with Crippen LogP contribution in [0.25, 0.3) is 0 Å². The van der Waals surface area contributed by atoms with Crippen LogP contribution in [0.5, 0.6) is 0 Å². The molecule has 0 atom stereocenters. The van der Waals surface area contributed by atoms with Crippen molar-refractivity contribution in [3.05, 3.63) is 12.2 Å². The molecule has 3 N–H and O–H groups in total. The predicted molar refractivity (Wildman–Crippen MR) is 39.6 cm³/mol. The van der Waals surface area contributed by atoms with E-state index in [9.17, 15) is 9.59 Å². The van der Waals surface area contributed by atoms with Crippen molar-refractivity contribution >= 4 is 11.9 Å². The van der Waals surface area contributed by atoms with Gasteiger partial charge in [0.25, 0.3) is 0 Å². The molecule has 0 aliphatic rings. The van der Waals surface area contributed by atoms with E-state index in [1.807, 2.05) is 0 Å². The Kier molecular flexibility index (Phi) is 4.71. The zero-order valence-electron chi connectivity index (χ0n) is 6.30. The number of carboxylic acid groups (broad SMARTS) is 2. The summed E-state index contributed by atoms with van der Waals surface area (Å²) in [6, 6.07) is 0. The van der Waals surface area contributed by atoms with Gasteiger partial charge in [-0.25, -0.2) is 0 Å². The summed E-state index contributed by atoms with van der Waals surface area (Å²) in [4.78, 5) is 20.5. The van der Waals surface area contributed by atoms with Crippen LogP contribution in [0, 0.1) is 5.92 Å². The Labute approximate surface area is 68.9 Å². The Morgan fingerprint density at radius 1 is 1.17 bits per heavy atom. The maximum Gasteiger partial charge on any atom is 0.318 e. The van der Waals surface area contributed by atoms with Gasteiger partial charge in [0.2, 0.25) is 0 Å². The molecule has 0 saturated heterocycles. The van der Waals surface area contributed by atoms with E-state index in [1.54, 1.807) is 0 Å². The number of carboxylic acids is 2. The topological polar surface area (TPSA) is 94.8 Å². The molecular weight excluding hydrogens is 164 g/mol. The number of rotatable bonds is 5. The van der Waals surface area contributed by atoms with Gasteiger partial charge in [0.15, 0.2) is 5.92 Å². The molecule has 0 amide bonds. The highest BCUT2D eigenvalue weighted by Crippen LogP contribution is 2.04. The quantitative estimate of drug-likeness (QED) is 0.393. The Bertz CT molecular complexity index is 182. The van der Waals surface area contributed by atoms with Gasteiger partial charge in [0, 0.05) is 0 Å². The Morgan fingerprint density at radius 2 is 1.67 bits per heavy atom. The Morgan fingerprint density at radius 3 is 2.00 bits per heavy atom. The lowest BCUT2D eigenvalue weighted by atomic mass is 10.1. The second-order valence-corrected chi connectivity index (χ2v) is 2.12. The van der Waals surface area contributed by atoms with Crippen LogP contribution in [-0.4, -0.2) is 33.9 Å². The van der Waals surface area contributed by atoms with E-state index in [4.69, 9.17) is 15.3 Å². The molecular formula is C7H10O5. The monoisotopic (exact) mass is 174 g/mol. The van der Waals surface area contributed by atoms with Crippen molar-refractivity contribution in [3.63, 3.8) is 0 Å². The van der Waals surface area contributed by atoms with E-state index >= 15 is 0 Å². The van der Waals surface area contributed by atoms with Crippen molar-refractivity contribution in [1.82, 2.24) is 0 Å². The van der Waals surface area contributed by atoms with Crippen molar-refractivity contribution in [2.24, 2.45) is 5.92 Å². The fourth-order valence-electron chi connectivity index (χ4n) is 0.614. The predicted octanol–water partition coefficient (Wildman–Crippen LogP) is -0.290. The molecule has 0 spiro atoms. The molecule has 0 unspecified atom stereocenters. The van der Waals surface area contributed by atoms with Crippen molar-refractivity contribution in [1.29, 1.82) is 0 Å². The first kappa shape index (κ1) is 10.6. The molecule has 0 aliphatic heterocycles.